The van der Waals surface area contributed by atoms with E-state index >= 15 is 0 Å². The third-order valence-corrected chi connectivity index (χ3v) is 4.69. The van der Waals surface area contributed by atoms with Crippen molar-refractivity contribution in [1.29, 1.82) is 0 Å². The van der Waals surface area contributed by atoms with Crippen LogP contribution in [-0.2, 0) is 6.42 Å². The largest absolute Gasteiger partial charge is 0.310 e. The van der Waals surface area contributed by atoms with Gasteiger partial charge in [0.15, 0.2) is 0 Å². The number of para-hydroxylation sites is 2. The molecular formula is C19H16BrN. The number of halogens is 1. The molecule has 1 atom stereocenters. The molecule has 0 radical (unpaired) electrons. The molecule has 0 saturated heterocycles. The number of nitrogens with zero attached hydrogens (tertiary/aromatic N) is 1. The van der Waals surface area contributed by atoms with Gasteiger partial charge in [-0.25, -0.2) is 0 Å². The standard InChI is InChI=1S/C19H16BrN/c1-19(20)12-11-18-16(13-19)15-9-5-6-10-17(15)21(18)14-7-3-2-4-8-14/h2-12H,13H2,1H3. The maximum Gasteiger partial charge on any atom is 0.0537 e. The number of fused-ring (bicyclic) bond motifs is 3. The van der Waals surface area contributed by atoms with E-state index in [1.54, 1.807) is 0 Å². The van der Waals surface area contributed by atoms with E-state index in [1.165, 1.54) is 27.8 Å². The van der Waals surface area contributed by atoms with Crippen LogP contribution in [0.25, 0.3) is 22.7 Å². The average Bonchev–Trinajstić information content (AvgIpc) is 2.81. The van der Waals surface area contributed by atoms with Crippen molar-refractivity contribution in [1.82, 2.24) is 4.57 Å². The van der Waals surface area contributed by atoms with E-state index in [2.05, 4.69) is 94.2 Å². The third kappa shape index (κ3) is 2.06. The van der Waals surface area contributed by atoms with Crippen molar-refractivity contribution in [2.24, 2.45) is 0 Å². The molecule has 2 heteroatoms. The van der Waals surface area contributed by atoms with Gasteiger partial charge in [-0.15, -0.1) is 0 Å². The van der Waals surface area contributed by atoms with Crippen molar-refractivity contribution in [3.05, 3.63) is 71.9 Å². The predicted molar refractivity (Wildman–Crippen MR) is 93.3 cm³/mol. The van der Waals surface area contributed by atoms with E-state index < -0.39 is 0 Å². The highest BCUT2D eigenvalue weighted by Gasteiger charge is 2.27. The summed E-state index contributed by atoms with van der Waals surface area (Å²) in [4.78, 5) is 0. The van der Waals surface area contributed by atoms with E-state index in [0.29, 0.717) is 0 Å². The first-order valence-electron chi connectivity index (χ1n) is 7.22. The van der Waals surface area contributed by atoms with Crippen molar-refractivity contribution in [2.45, 2.75) is 17.7 Å². The van der Waals surface area contributed by atoms with Crippen LogP contribution in [0.5, 0.6) is 0 Å². The molecule has 0 N–H and O–H groups in total. The van der Waals surface area contributed by atoms with E-state index in [1.807, 2.05) is 0 Å². The molecule has 104 valence electrons. The first kappa shape index (κ1) is 12.9. The lowest BCUT2D eigenvalue weighted by molar-refractivity contribution is 0.791. The Morgan fingerprint density at radius 2 is 1.71 bits per heavy atom. The molecule has 1 nitrogen and oxygen atoms in total. The summed E-state index contributed by atoms with van der Waals surface area (Å²) >= 11 is 3.82. The van der Waals surface area contributed by atoms with Crippen molar-refractivity contribution in [3.63, 3.8) is 0 Å². The van der Waals surface area contributed by atoms with Crippen LogP contribution in [0, 0.1) is 0 Å². The van der Waals surface area contributed by atoms with Crippen LogP contribution in [0.2, 0.25) is 0 Å². The SMILES string of the molecule is CC1(Br)C=Cc2c(c3ccccc3n2-c2ccccc2)C1. The zero-order valence-electron chi connectivity index (χ0n) is 11.9. The summed E-state index contributed by atoms with van der Waals surface area (Å²) in [6, 6.07) is 19.3. The first-order chi connectivity index (χ1) is 10.2. The monoisotopic (exact) mass is 337 g/mol. The van der Waals surface area contributed by atoms with Gasteiger partial charge in [0.2, 0.25) is 0 Å². The van der Waals surface area contributed by atoms with Crippen LogP contribution >= 0.6 is 15.9 Å². The predicted octanol–water partition coefficient (Wildman–Crippen LogP) is 5.35. The first-order valence-corrected chi connectivity index (χ1v) is 8.01. The van der Waals surface area contributed by atoms with Crippen molar-refractivity contribution in [2.75, 3.05) is 0 Å². The maximum absolute atomic E-state index is 3.82. The van der Waals surface area contributed by atoms with E-state index in [4.69, 9.17) is 0 Å². The minimum Gasteiger partial charge on any atom is -0.310 e. The second kappa shape index (κ2) is 4.60. The van der Waals surface area contributed by atoms with Crippen LogP contribution in [0.15, 0.2) is 60.7 Å². The van der Waals surface area contributed by atoms with Gasteiger partial charge in [0.05, 0.1) is 5.52 Å². The van der Waals surface area contributed by atoms with Crippen molar-refractivity contribution >= 4 is 32.9 Å². The van der Waals surface area contributed by atoms with Gasteiger partial charge in [-0.05, 0) is 43.2 Å². The summed E-state index contributed by atoms with van der Waals surface area (Å²) in [7, 11) is 0. The number of hydrogen-bond donors (Lipinski definition) is 0. The molecular weight excluding hydrogens is 322 g/mol. The zero-order valence-corrected chi connectivity index (χ0v) is 13.5. The Bertz CT molecular complexity index is 841. The molecule has 1 unspecified atom stereocenters. The van der Waals surface area contributed by atoms with Gasteiger partial charge in [-0.2, -0.15) is 0 Å². The minimum atomic E-state index is 0.0473. The number of rotatable bonds is 1. The van der Waals surface area contributed by atoms with Crippen molar-refractivity contribution < 1.29 is 0 Å². The Kier molecular flexibility index (Phi) is 2.83. The van der Waals surface area contributed by atoms with Gasteiger partial charge in [0, 0.05) is 21.1 Å². The quantitative estimate of drug-likeness (QED) is 0.527. The second-order valence-corrected chi connectivity index (χ2v) is 7.65. The fourth-order valence-electron chi connectivity index (χ4n) is 3.20. The fraction of sp³-hybridized carbons (Fsp3) is 0.158. The molecule has 2 aromatic carbocycles. The van der Waals surface area contributed by atoms with Crippen LogP contribution in [0.3, 0.4) is 0 Å². The molecule has 1 aliphatic carbocycles. The summed E-state index contributed by atoms with van der Waals surface area (Å²) < 4.78 is 2.41. The Morgan fingerprint density at radius 1 is 1.00 bits per heavy atom. The molecule has 0 amide bonds. The molecule has 3 aromatic rings. The topological polar surface area (TPSA) is 4.93 Å². The van der Waals surface area contributed by atoms with E-state index in [-0.39, 0.29) is 4.32 Å². The Balaban J connectivity index is 2.08. The summed E-state index contributed by atoms with van der Waals surface area (Å²) in [5.74, 6) is 0. The number of allylic oxidation sites excluding steroid dienone is 1. The van der Waals surface area contributed by atoms with Crippen LogP contribution < -0.4 is 0 Å². The highest BCUT2D eigenvalue weighted by atomic mass is 79.9. The minimum absolute atomic E-state index is 0.0473. The van der Waals surface area contributed by atoms with Gasteiger partial charge < -0.3 is 4.57 Å². The maximum atomic E-state index is 3.82. The molecule has 4 rings (SSSR count). The van der Waals surface area contributed by atoms with Gasteiger partial charge in [0.1, 0.15) is 0 Å². The molecule has 0 fully saturated rings. The highest BCUT2D eigenvalue weighted by Crippen LogP contribution is 2.39. The molecule has 0 aliphatic heterocycles. The smallest absolute Gasteiger partial charge is 0.0537 e. The molecule has 0 spiro atoms. The molecule has 0 bridgehead atoms. The number of hydrogen-bond acceptors (Lipinski definition) is 0. The zero-order chi connectivity index (χ0) is 14.4. The van der Waals surface area contributed by atoms with Crippen molar-refractivity contribution in [3.8, 4) is 5.69 Å². The van der Waals surface area contributed by atoms with E-state index in [9.17, 15) is 0 Å². The second-order valence-electron chi connectivity index (χ2n) is 5.84. The van der Waals surface area contributed by atoms with Gasteiger partial charge >= 0.3 is 0 Å². The lowest BCUT2D eigenvalue weighted by Gasteiger charge is -2.23. The number of benzene rings is 2. The lowest BCUT2D eigenvalue weighted by Crippen LogP contribution is -2.19. The van der Waals surface area contributed by atoms with E-state index in [0.717, 1.165) is 6.42 Å². The van der Waals surface area contributed by atoms with Crippen LogP contribution in [0.1, 0.15) is 18.2 Å². The average molecular weight is 338 g/mol. The third-order valence-electron chi connectivity index (χ3n) is 4.15. The molecule has 21 heavy (non-hydrogen) atoms. The highest BCUT2D eigenvalue weighted by molar-refractivity contribution is 9.10. The Labute approximate surface area is 133 Å². The Morgan fingerprint density at radius 3 is 2.52 bits per heavy atom. The summed E-state index contributed by atoms with van der Waals surface area (Å²) in [5, 5.41) is 1.35. The van der Waals surface area contributed by atoms with Gasteiger partial charge in [0.25, 0.3) is 0 Å². The summed E-state index contributed by atoms with van der Waals surface area (Å²) in [5.41, 5.74) is 5.23. The van der Waals surface area contributed by atoms with Crippen LogP contribution in [0.4, 0.5) is 0 Å². The molecule has 1 aromatic heterocycles. The number of aromatic nitrogens is 1. The summed E-state index contributed by atoms with van der Waals surface area (Å²) in [6.07, 6.45) is 5.52. The molecule has 1 heterocycles. The Hall–Kier alpha value is -1.80. The lowest BCUT2D eigenvalue weighted by atomic mass is 9.93. The summed E-state index contributed by atoms with van der Waals surface area (Å²) in [6.45, 7) is 2.22. The molecule has 1 aliphatic rings. The fourth-order valence-corrected chi connectivity index (χ4v) is 3.61. The van der Waals surface area contributed by atoms with Gasteiger partial charge in [-0.1, -0.05) is 58.4 Å². The number of alkyl halides is 1. The van der Waals surface area contributed by atoms with Crippen LogP contribution in [-0.4, -0.2) is 8.89 Å². The molecule has 0 saturated carbocycles. The van der Waals surface area contributed by atoms with Gasteiger partial charge in [-0.3, -0.25) is 0 Å². The normalized spacial score (nSPS) is 20.7.